The van der Waals surface area contributed by atoms with Crippen molar-refractivity contribution in [1.29, 1.82) is 0 Å². The number of hydrogen-bond donors (Lipinski definition) is 1. The summed E-state index contributed by atoms with van der Waals surface area (Å²) in [5.74, 6) is -1.94. The molecule has 0 radical (unpaired) electrons. The molecule has 0 aliphatic carbocycles. The number of alkyl halides is 3. The molecule has 4 rings (SSSR count). The van der Waals surface area contributed by atoms with Gasteiger partial charge in [0, 0.05) is 24.9 Å². The highest BCUT2D eigenvalue weighted by atomic mass is 35.5. The number of amides is 1. The lowest BCUT2D eigenvalue weighted by Gasteiger charge is -2.24. The van der Waals surface area contributed by atoms with Crippen LogP contribution in [0.2, 0.25) is 5.02 Å². The van der Waals surface area contributed by atoms with E-state index in [1.165, 1.54) is 30.3 Å². The van der Waals surface area contributed by atoms with Gasteiger partial charge in [-0.05, 0) is 66.1 Å². The fourth-order valence-electron chi connectivity index (χ4n) is 4.45. The summed E-state index contributed by atoms with van der Waals surface area (Å²) in [4.78, 5) is 25.6. The van der Waals surface area contributed by atoms with Gasteiger partial charge in [0.05, 0.1) is 10.6 Å². The normalized spacial score (nSPS) is 16.7. The molecular weight excluding hydrogens is 514 g/mol. The van der Waals surface area contributed by atoms with Crippen LogP contribution in [0.3, 0.4) is 0 Å². The molecule has 10 heteroatoms. The summed E-state index contributed by atoms with van der Waals surface area (Å²) in [5, 5.41) is 9.33. The summed E-state index contributed by atoms with van der Waals surface area (Å²) in [6.07, 6.45) is -3.79. The first-order chi connectivity index (χ1) is 17.3. The number of carboxylic acids is 1. The number of rotatable bonds is 7. The summed E-state index contributed by atoms with van der Waals surface area (Å²) in [5.41, 5.74) is 0.110. The van der Waals surface area contributed by atoms with E-state index in [0.29, 0.717) is 29.7 Å². The Hall–Kier alpha value is -3.59. The van der Waals surface area contributed by atoms with Gasteiger partial charge in [0.2, 0.25) is 0 Å². The van der Waals surface area contributed by atoms with Gasteiger partial charge in [-0.3, -0.25) is 9.59 Å². The van der Waals surface area contributed by atoms with Gasteiger partial charge in [-0.15, -0.1) is 0 Å². The van der Waals surface area contributed by atoms with Crippen LogP contribution in [0.25, 0.3) is 0 Å². The monoisotopic (exact) mass is 535 g/mol. The van der Waals surface area contributed by atoms with Crippen LogP contribution in [-0.2, 0) is 30.4 Å². The zero-order chi connectivity index (χ0) is 27.0. The van der Waals surface area contributed by atoms with Gasteiger partial charge in [0.25, 0.3) is 5.91 Å². The Morgan fingerprint density at radius 2 is 1.84 bits per heavy atom. The van der Waals surface area contributed by atoms with Crippen LogP contribution in [0, 0.1) is 5.82 Å². The number of fused-ring (bicyclic) bond motifs is 1. The largest absolute Gasteiger partial charge is 0.487 e. The maximum Gasteiger partial charge on any atom is 0.416 e. The smallest absolute Gasteiger partial charge is 0.416 e. The Kier molecular flexibility index (Phi) is 7.19. The van der Waals surface area contributed by atoms with Crippen molar-refractivity contribution in [1.82, 2.24) is 4.90 Å². The molecule has 1 unspecified atom stereocenters. The van der Waals surface area contributed by atoms with Crippen LogP contribution >= 0.6 is 11.6 Å². The molecule has 1 atom stereocenters. The third-order valence-corrected chi connectivity index (χ3v) is 6.34. The minimum Gasteiger partial charge on any atom is -0.487 e. The maximum atomic E-state index is 13.9. The third kappa shape index (κ3) is 6.22. The van der Waals surface area contributed by atoms with Gasteiger partial charge in [-0.1, -0.05) is 29.8 Å². The zero-order valence-electron chi connectivity index (χ0n) is 19.6. The van der Waals surface area contributed by atoms with E-state index >= 15 is 0 Å². The molecular formula is C27H22ClF4NO4. The average molecular weight is 536 g/mol. The molecule has 0 aromatic heterocycles. The van der Waals surface area contributed by atoms with E-state index in [4.69, 9.17) is 16.3 Å². The topological polar surface area (TPSA) is 66.8 Å². The number of carboxylic acid groups (broad SMARTS) is 1. The minimum atomic E-state index is -4.57. The average Bonchev–Trinajstić information content (AvgIpc) is 3.14. The van der Waals surface area contributed by atoms with E-state index in [1.807, 2.05) is 6.92 Å². The van der Waals surface area contributed by atoms with E-state index in [-0.39, 0.29) is 22.7 Å². The highest BCUT2D eigenvalue weighted by Gasteiger charge is 2.36. The molecule has 3 aromatic carbocycles. The molecule has 5 nitrogen and oxygen atoms in total. The highest BCUT2D eigenvalue weighted by molar-refractivity contribution is 6.30. The Morgan fingerprint density at radius 1 is 1.08 bits per heavy atom. The number of ether oxygens (including phenoxy) is 1. The molecule has 0 fully saturated rings. The molecule has 1 amide bonds. The van der Waals surface area contributed by atoms with E-state index in [2.05, 4.69) is 0 Å². The third-order valence-electron chi connectivity index (χ3n) is 6.03. The standard InChI is InChI=1S/C27H22ClF4NO4/c1-26(12-16-5-7-21(28)22(29)10-16)13-19-11-18(6-8-23(19)37-26)25(36)33(15-24(34)35)14-17-3-2-4-20(9-17)27(30,31)32/h2-11H,12-15H2,1H3,(H,34,35). The first-order valence-corrected chi connectivity index (χ1v) is 11.6. The molecule has 0 bridgehead atoms. The molecule has 0 saturated carbocycles. The highest BCUT2D eigenvalue weighted by Crippen LogP contribution is 2.38. The number of carbonyl (C=O) groups excluding carboxylic acids is 1. The molecule has 37 heavy (non-hydrogen) atoms. The molecule has 0 spiro atoms. The van der Waals surface area contributed by atoms with Gasteiger partial charge in [0.15, 0.2) is 0 Å². The van der Waals surface area contributed by atoms with Crippen LogP contribution in [-0.4, -0.2) is 34.0 Å². The van der Waals surface area contributed by atoms with Crippen molar-refractivity contribution >= 4 is 23.5 Å². The second-order valence-electron chi connectivity index (χ2n) is 9.23. The number of aliphatic carboxylic acids is 1. The van der Waals surface area contributed by atoms with E-state index in [0.717, 1.165) is 17.0 Å². The lowest BCUT2D eigenvalue weighted by Crippen LogP contribution is -2.35. The molecule has 3 aromatic rings. The number of carbonyl (C=O) groups is 2. The van der Waals surface area contributed by atoms with Crippen LogP contribution in [0.15, 0.2) is 60.7 Å². The van der Waals surface area contributed by atoms with Crippen molar-refractivity contribution in [3.8, 4) is 5.75 Å². The molecule has 1 aliphatic heterocycles. The summed E-state index contributed by atoms with van der Waals surface area (Å²) >= 11 is 5.76. The Morgan fingerprint density at radius 3 is 2.51 bits per heavy atom. The number of hydrogen-bond acceptors (Lipinski definition) is 3. The number of halogens is 5. The SMILES string of the molecule is CC1(Cc2ccc(Cl)c(F)c2)Cc2cc(C(=O)N(CC(=O)O)Cc3cccc(C(F)(F)F)c3)ccc2O1. The van der Waals surface area contributed by atoms with E-state index in [1.54, 1.807) is 18.2 Å². The van der Waals surface area contributed by atoms with E-state index < -0.39 is 41.6 Å². The van der Waals surface area contributed by atoms with E-state index in [9.17, 15) is 32.3 Å². The van der Waals surface area contributed by atoms with Gasteiger partial charge in [0.1, 0.15) is 23.7 Å². The predicted octanol–water partition coefficient (Wildman–Crippen LogP) is 6.16. The second-order valence-corrected chi connectivity index (χ2v) is 9.64. The lowest BCUT2D eigenvalue weighted by molar-refractivity contribution is -0.139. The summed E-state index contributed by atoms with van der Waals surface area (Å²) in [6, 6.07) is 13.6. The van der Waals surface area contributed by atoms with Gasteiger partial charge in [-0.2, -0.15) is 13.2 Å². The quantitative estimate of drug-likeness (QED) is 0.368. The molecule has 0 saturated heterocycles. The van der Waals surface area contributed by atoms with Crippen molar-refractivity contribution in [2.45, 2.75) is 38.1 Å². The van der Waals surface area contributed by atoms with Crippen LogP contribution in [0.4, 0.5) is 17.6 Å². The van der Waals surface area contributed by atoms with Gasteiger partial charge in [-0.25, -0.2) is 4.39 Å². The van der Waals surface area contributed by atoms with Gasteiger partial charge < -0.3 is 14.7 Å². The summed E-state index contributed by atoms with van der Waals surface area (Å²) < 4.78 is 59.2. The molecule has 1 aliphatic rings. The molecule has 1 N–H and O–H groups in total. The number of benzene rings is 3. The maximum absolute atomic E-state index is 13.9. The fourth-order valence-corrected chi connectivity index (χ4v) is 4.56. The Bertz CT molecular complexity index is 1360. The Labute approximate surface area is 215 Å². The minimum absolute atomic E-state index is 0.0173. The van der Waals surface area contributed by atoms with Crippen LogP contribution in [0.1, 0.15) is 39.5 Å². The first kappa shape index (κ1) is 26.5. The van der Waals surface area contributed by atoms with Crippen LogP contribution < -0.4 is 4.74 Å². The van der Waals surface area contributed by atoms with Gasteiger partial charge >= 0.3 is 12.1 Å². The van der Waals surface area contributed by atoms with Crippen molar-refractivity contribution in [2.24, 2.45) is 0 Å². The summed E-state index contributed by atoms with van der Waals surface area (Å²) in [7, 11) is 0. The Balaban J connectivity index is 1.54. The van der Waals surface area contributed by atoms with Crippen molar-refractivity contribution in [3.05, 3.63) is 99.3 Å². The fraction of sp³-hybridized carbons (Fsp3) is 0.259. The van der Waals surface area contributed by atoms with Crippen molar-refractivity contribution in [3.63, 3.8) is 0 Å². The number of nitrogens with zero attached hydrogens (tertiary/aromatic N) is 1. The lowest BCUT2D eigenvalue weighted by atomic mass is 9.91. The van der Waals surface area contributed by atoms with Crippen molar-refractivity contribution in [2.75, 3.05) is 6.54 Å². The first-order valence-electron chi connectivity index (χ1n) is 11.3. The zero-order valence-corrected chi connectivity index (χ0v) is 20.4. The van der Waals surface area contributed by atoms with Crippen LogP contribution in [0.5, 0.6) is 5.75 Å². The summed E-state index contributed by atoms with van der Waals surface area (Å²) in [6.45, 7) is 0.844. The molecule has 194 valence electrons. The molecule has 1 heterocycles. The van der Waals surface area contributed by atoms with Crippen molar-refractivity contribution < 1.29 is 37.0 Å². The predicted molar refractivity (Wildman–Crippen MR) is 128 cm³/mol. The second kappa shape index (κ2) is 10.0.